The van der Waals surface area contributed by atoms with Gasteiger partial charge in [0.25, 0.3) is 5.91 Å². The Morgan fingerprint density at radius 1 is 1.40 bits per heavy atom. The Kier molecular flexibility index (Phi) is 3.80. The van der Waals surface area contributed by atoms with E-state index in [0.717, 1.165) is 0 Å². The molecule has 0 aliphatic rings. The van der Waals surface area contributed by atoms with E-state index in [9.17, 15) is 13.2 Å². The molecule has 9 heteroatoms. The SMILES string of the molecule is CNS(=O)(=O)c1cc(Cl)cc(-n2cc(C(N)=O)cn2)c1. The standard InChI is InChI=1S/C11H11ClN4O3S/c1-14-20(18,19)10-3-8(12)2-9(4-10)16-6-7(5-15-16)11(13)17/h2-6,14H,1H3,(H2,13,17). The molecular weight excluding hydrogens is 304 g/mol. The Bertz CT molecular complexity index is 770. The first-order chi connectivity index (χ1) is 9.33. The number of sulfonamides is 1. The zero-order valence-corrected chi connectivity index (χ0v) is 11.9. The van der Waals surface area contributed by atoms with Crippen molar-refractivity contribution in [2.24, 2.45) is 5.73 Å². The molecule has 0 saturated carbocycles. The predicted octanol–water partition coefficient (Wildman–Crippen LogP) is 0.533. The molecule has 0 radical (unpaired) electrons. The van der Waals surface area contributed by atoms with E-state index < -0.39 is 15.9 Å². The van der Waals surface area contributed by atoms with E-state index >= 15 is 0 Å². The van der Waals surface area contributed by atoms with Gasteiger partial charge in [0.2, 0.25) is 10.0 Å². The van der Waals surface area contributed by atoms with Gasteiger partial charge in [-0.05, 0) is 25.2 Å². The molecule has 106 valence electrons. The van der Waals surface area contributed by atoms with Crippen molar-refractivity contribution in [2.45, 2.75) is 4.90 Å². The first kappa shape index (κ1) is 14.5. The summed E-state index contributed by atoms with van der Waals surface area (Å²) < 4.78 is 27.1. The molecule has 0 unspecified atom stereocenters. The molecule has 1 heterocycles. The second-order valence-electron chi connectivity index (χ2n) is 3.89. The number of primary amides is 1. The minimum Gasteiger partial charge on any atom is -0.366 e. The van der Waals surface area contributed by atoms with E-state index in [4.69, 9.17) is 17.3 Å². The zero-order valence-electron chi connectivity index (χ0n) is 10.4. The van der Waals surface area contributed by atoms with Crippen LogP contribution in [-0.4, -0.2) is 31.2 Å². The fourth-order valence-electron chi connectivity index (χ4n) is 1.54. The molecule has 0 aliphatic heterocycles. The Morgan fingerprint density at radius 3 is 2.65 bits per heavy atom. The van der Waals surface area contributed by atoms with Crippen LogP contribution in [0.2, 0.25) is 5.02 Å². The number of nitrogens with one attached hydrogen (secondary N) is 1. The first-order valence-electron chi connectivity index (χ1n) is 5.42. The van der Waals surface area contributed by atoms with Crippen LogP contribution in [0.1, 0.15) is 10.4 Å². The molecule has 7 nitrogen and oxygen atoms in total. The number of halogens is 1. The average molecular weight is 315 g/mol. The second-order valence-corrected chi connectivity index (χ2v) is 6.21. The Morgan fingerprint density at radius 2 is 2.10 bits per heavy atom. The van der Waals surface area contributed by atoms with Crippen LogP contribution < -0.4 is 10.5 Å². The van der Waals surface area contributed by atoms with Crippen molar-refractivity contribution in [2.75, 3.05) is 7.05 Å². The van der Waals surface area contributed by atoms with Gasteiger partial charge in [0, 0.05) is 11.2 Å². The molecule has 0 aliphatic carbocycles. The molecule has 0 spiro atoms. The lowest BCUT2D eigenvalue weighted by Gasteiger charge is -2.07. The largest absolute Gasteiger partial charge is 0.366 e. The molecule has 0 bridgehead atoms. The van der Waals surface area contributed by atoms with Crippen LogP contribution in [0.25, 0.3) is 5.69 Å². The number of benzene rings is 1. The smallest absolute Gasteiger partial charge is 0.251 e. The Balaban J connectivity index is 2.54. The van der Waals surface area contributed by atoms with Crippen molar-refractivity contribution < 1.29 is 13.2 Å². The van der Waals surface area contributed by atoms with Crippen molar-refractivity contribution in [1.82, 2.24) is 14.5 Å². The summed E-state index contributed by atoms with van der Waals surface area (Å²) in [6.07, 6.45) is 2.68. The Hall–Kier alpha value is -1.90. The minimum atomic E-state index is -3.63. The quantitative estimate of drug-likeness (QED) is 0.858. The van der Waals surface area contributed by atoms with Crippen LogP contribution in [0.15, 0.2) is 35.5 Å². The summed E-state index contributed by atoms with van der Waals surface area (Å²) in [4.78, 5) is 11.0. The summed E-state index contributed by atoms with van der Waals surface area (Å²) in [5, 5.41) is 4.17. The van der Waals surface area contributed by atoms with Gasteiger partial charge in [0.1, 0.15) is 0 Å². The van der Waals surface area contributed by atoms with Gasteiger partial charge in [-0.3, -0.25) is 4.79 Å². The van der Waals surface area contributed by atoms with Gasteiger partial charge in [-0.2, -0.15) is 5.10 Å². The fourth-order valence-corrected chi connectivity index (χ4v) is 2.63. The van der Waals surface area contributed by atoms with Crippen LogP contribution in [0.4, 0.5) is 0 Å². The van der Waals surface area contributed by atoms with Gasteiger partial charge in [-0.25, -0.2) is 17.8 Å². The topological polar surface area (TPSA) is 107 Å². The highest BCUT2D eigenvalue weighted by atomic mass is 35.5. The number of nitrogens with zero attached hydrogens (tertiary/aromatic N) is 2. The molecule has 2 rings (SSSR count). The van der Waals surface area contributed by atoms with E-state index in [1.165, 1.54) is 42.3 Å². The number of amides is 1. The van der Waals surface area contributed by atoms with Gasteiger partial charge >= 0.3 is 0 Å². The maximum atomic E-state index is 11.8. The summed E-state index contributed by atoms with van der Waals surface area (Å²) in [6, 6.07) is 4.22. The van der Waals surface area contributed by atoms with E-state index in [1.807, 2.05) is 0 Å². The predicted molar refractivity (Wildman–Crippen MR) is 73.3 cm³/mol. The van der Waals surface area contributed by atoms with Crippen LogP contribution in [0.5, 0.6) is 0 Å². The van der Waals surface area contributed by atoms with Gasteiger partial charge in [0.15, 0.2) is 0 Å². The number of carbonyl (C=O) groups is 1. The highest BCUT2D eigenvalue weighted by Gasteiger charge is 2.15. The second kappa shape index (κ2) is 5.23. The van der Waals surface area contributed by atoms with E-state index in [2.05, 4.69) is 9.82 Å². The van der Waals surface area contributed by atoms with Crippen molar-refractivity contribution in [3.63, 3.8) is 0 Å². The zero-order chi connectivity index (χ0) is 14.9. The molecule has 0 fully saturated rings. The monoisotopic (exact) mass is 314 g/mol. The summed E-state index contributed by atoms with van der Waals surface area (Å²) >= 11 is 5.91. The van der Waals surface area contributed by atoms with Crippen LogP contribution in [-0.2, 0) is 10.0 Å². The average Bonchev–Trinajstić information content (AvgIpc) is 2.87. The molecule has 1 aromatic carbocycles. The van der Waals surface area contributed by atoms with Gasteiger partial charge in [-0.15, -0.1) is 0 Å². The Labute approximate surface area is 120 Å². The molecule has 20 heavy (non-hydrogen) atoms. The highest BCUT2D eigenvalue weighted by molar-refractivity contribution is 7.89. The van der Waals surface area contributed by atoms with Gasteiger partial charge in [0.05, 0.1) is 22.3 Å². The molecule has 1 amide bonds. The maximum absolute atomic E-state index is 11.8. The summed E-state index contributed by atoms with van der Waals surface area (Å²) in [6.45, 7) is 0. The van der Waals surface area contributed by atoms with Gasteiger partial charge < -0.3 is 5.73 Å². The molecule has 0 saturated heterocycles. The number of carbonyl (C=O) groups excluding carboxylic acids is 1. The molecule has 3 N–H and O–H groups in total. The lowest BCUT2D eigenvalue weighted by Crippen LogP contribution is -2.18. The lowest BCUT2D eigenvalue weighted by atomic mass is 10.3. The molecule has 0 atom stereocenters. The van der Waals surface area contributed by atoms with Crippen LogP contribution in [0.3, 0.4) is 0 Å². The first-order valence-corrected chi connectivity index (χ1v) is 7.28. The third-order valence-corrected chi connectivity index (χ3v) is 4.18. The fraction of sp³-hybridized carbons (Fsp3) is 0.0909. The van der Waals surface area contributed by atoms with Gasteiger partial charge in [-0.1, -0.05) is 11.6 Å². The van der Waals surface area contributed by atoms with Crippen molar-refractivity contribution in [3.8, 4) is 5.69 Å². The minimum absolute atomic E-state index is 0.00127. The number of hydrogen-bond donors (Lipinski definition) is 2. The summed E-state index contributed by atoms with van der Waals surface area (Å²) in [5.74, 6) is -0.624. The van der Waals surface area contributed by atoms with E-state index in [1.54, 1.807) is 0 Å². The molecular formula is C11H11ClN4O3S. The lowest BCUT2D eigenvalue weighted by molar-refractivity contribution is 0.100. The summed E-state index contributed by atoms with van der Waals surface area (Å²) in [7, 11) is -2.33. The number of nitrogens with two attached hydrogens (primary N) is 1. The molecule has 2 aromatic rings. The normalized spacial score (nSPS) is 11.5. The number of hydrogen-bond acceptors (Lipinski definition) is 4. The third kappa shape index (κ3) is 2.82. The molecule has 1 aromatic heterocycles. The van der Waals surface area contributed by atoms with Crippen LogP contribution >= 0.6 is 11.6 Å². The third-order valence-electron chi connectivity index (χ3n) is 2.57. The van der Waals surface area contributed by atoms with Crippen molar-refractivity contribution in [3.05, 3.63) is 41.2 Å². The highest BCUT2D eigenvalue weighted by Crippen LogP contribution is 2.21. The summed E-state index contributed by atoms with van der Waals surface area (Å²) in [5.41, 5.74) is 5.74. The van der Waals surface area contributed by atoms with E-state index in [0.29, 0.717) is 5.69 Å². The number of rotatable bonds is 4. The van der Waals surface area contributed by atoms with Crippen molar-refractivity contribution in [1.29, 1.82) is 0 Å². The van der Waals surface area contributed by atoms with E-state index in [-0.39, 0.29) is 15.5 Å². The number of aromatic nitrogens is 2. The van der Waals surface area contributed by atoms with Crippen LogP contribution in [0, 0.1) is 0 Å². The maximum Gasteiger partial charge on any atom is 0.251 e. The van der Waals surface area contributed by atoms with Crippen molar-refractivity contribution >= 4 is 27.5 Å².